The third kappa shape index (κ3) is 3.68. The Hall–Kier alpha value is -2.20. The van der Waals surface area contributed by atoms with Crippen LogP contribution in [0.3, 0.4) is 0 Å². The number of nitrogens with one attached hydrogen (secondary N) is 2. The smallest absolute Gasteiger partial charge is 0.312 e. The second-order valence-corrected chi connectivity index (χ2v) is 4.00. The Morgan fingerprint density at radius 1 is 1.61 bits per heavy atom. The predicted octanol–water partition coefficient (Wildman–Crippen LogP) is 1.13. The molecule has 0 aliphatic heterocycles. The summed E-state index contributed by atoms with van der Waals surface area (Å²) >= 11 is 0. The van der Waals surface area contributed by atoms with E-state index in [-0.39, 0.29) is 17.1 Å². The molecular formula is C11H15N5O2. The number of rotatable bonds is 6. The quantitative estimate of drug-likeness (QED) is 0.578. The standard InChI is InChI=1S/C11H15N5O2/c1-8(5-13-2)6-14-11-10(16(17)18)3-9(4-12)7-15-11/h3,7-8,13H,5-6H2,1-2H3,(H,14,15). The lowest BCUT2D eigenvalue weighted by molar-refractivity contribution is -0.384. The molecule has 0 aliphatic rings. The third-order valence-electron chi connectivity index (χ3n) is 2.36. The molecule has 7 heteroatoms. The van der Waals surface area contributed by atoms with Crippen molar-refractivity contribution < 1.29 is 4.92 Å². The van der Waals surface area contributed by atoms with Crippen LogP contribution in [-0.2, 0) is 0 Å². The summed E-state index contributed by atoms with van der Waals surface area (Å²) in [6, 6.07) is 3.05. The maximum Gasteiger partial charge on any atom is 0.312 e. The fraction of sp³-hybridized carbons (Fsp3) is 0.455. The number of hydrogen-bond donors (Lipinski definition) is 2. The lowest BCUT2D eigenvalue weighted by atomic mass is 10.2. The van der Waals surface area contributed by atoms with E-state index in [1.165, 1.54) is 12.3 Å². The van der Waals surface area contributed by atoms with Gasteiger partial charge in [-0.05, 0) is 19.5 Å². The molecule has 1 aromatic heterocycles. The van der Waals surface area contributed by atoms with E-state index in [2.05, 4.69) is 15.6 Å². The van der Waals surface area contributed by atoms with Crippen LogP contribution in [0, 0.1) is 27.4 Å². The summed E-state index contributed by atoms with van der Waals surface area (Å²) in [4.78, 5) is 14.2. The first kappa shape index (κ1) is 13.9. The molecular weight excluding hydrogens is 234 g/mol. The molecule has 0 amide bonds. The number of nitro groups is 1. The molecule has 1 aromatic rings. The van der Waals surface area contributed by atoms with Gasteiger partial charge in [-0.25, -0.2) is 4.98 Å². The van der Waals surface area contributed by atoms with Crippen LogP contribution in [0.15, 0.2) is 12.3 Å². The zero-order valence-corrected chi connectivity index (χ0v) is 10.3. The van der Waals surface area contributed by atoms with Gasteiger partial charge in [0.05, 0.1) is 10.5 Å². The van der Waals surface area contributed by atoms with E-state index in [1.54, 1.807) is 0 Å². The van der Waals surface area contributed by atoms with Crippen molar-refractivity contribution in [1.29, 1.82) is 5.26 Å². The summed E-state index contributed by atoms with van der Waals surface area (Å²) in [5.41, 5.74) is 0.00114. The Labute approximate surface area is 105 Å². The van der Waals surface area contributed by atoms with E-state index in [1.807, 2.05) is 20.0 Å². The van der Waals surface area contributed by atoms with E-state index in [4.69, 9.17) is 5.26 Å². The topological polar surface area (TPSA) is 104 Å². The van der Waals surface area contributed by atoms with Crippen LogP contribution in [0.1, 0.15) is 12.5 Å². The number of hydrogen-bond acceptors (Lipinski definition) is 6. The minimum atomic E-state index is -0.543. The van der Waals surface area contributed by atoms with Crippen molar-refractivity contribution in [3.8, 4) is 6.07 Å². The van der Waals surface area contributed by atoms with Crippen molar-refractivity contribution in [3.63, 3.8) is 0 Å². The van der Waals surface area contributed by atoms with Gasteiger partial charge in [-0.2, -0.15) is 5.26 Å². The van der Waals surface area contributed by atoms with Crippen molar-refractivity contribution in [2.45, 2.75) is 6.92 Å². The average molecular weight is 249 g/mol. The van der Waals surface area contributed by atoms with Crippen LogP contribution < -0.4 is 10.6 Å². The van der Waals surface area contributed by atoms with Crippen molar-refractivity contribution in [2.24, 2.45) is 5.92 Å². The predicted molar refractivity (Wildman–Crippen MR) is 67.2 cm³/mol. The highest BCUT2D eigenvalue weighted by atomic mass is 16.6. The number of anilines is 1. The maximum absolute atomic E-state index is 10.9. The summed E-state index contributed by atoms with van der Waals surface area (Å²) in [5, 5.41) is 25.5. The van der Waals surface area contributed by atoms with E-state index in [9.17, 15) is 10.1 Å². The molecule has 96 valence electrons. The third-order valence-corrected chi connectivity index (χ3v) is 2.36. The highest BCUT2D eigenvalue weighted by Gasteiger charge is 2.16. The summed E-state index contributed by atoms with van der Waals surface area (Å²) in [6.45, 7) is 3.39. The Morgan fingerprint density at radius 3 is 2.89 bits per heavy atom. The summed E-state index contributed by atoms with van der Waals surface area (Å²) in [5.74, 6) is 0.508. The molecule has 0 radical (unpaired) electrons. The van der Waals surface area contributed by atoms with Gasteiger partial charge in [0, 0.05) is 18.8 Å². The Balaban J connectivity index is 2.82. The van der Waals surface area contributed by atoms with Crippen LogP contribution in [0.2, 0.25) is 0 Å². The van der Waals surface area contributed by atoms with Gasteiger partial charge < -0.3 is 10.6 Å². The SMILES string of the molecule is CNCC(C)CNc1ncc(C#N)cc1[N+](=O)[O-]. The van der Waals surface area contributed by atoms with Gasteiger partial charge in [-0.15, -0.1) is 0 Å². The second-order valence-electron chi connectivity index (χ2n) is 4.00. The molecule has 0 fully saturated rings. The Bertz CT molecular complexity index is 469. The van der Waals surface area contributed by atoms with Crippen molar-refractivity contribution in [3.05, 3.63) is 27.9 Å². The van der Waals surface area contributed by atoms with Crippen LogP contribution in [0.5, 0.6) is 0 Å². The highest BCUT2D eigenvalue weighted by Crippen LogP contribution is 2.22. The molecule has 1 heterocycles. The summed E-state index contributed by atoms with van der Waals surface area (Å²) in [6.07, 6.45) is 1.32. The molecule has 1 rings (SSSR count). The molecule has 0 aliphatic carbocycles. The maximum atomic E-state index is 10.9. The van der Waals surface area contributed by atoms with Gasteiger partial charge in [0.25, 0.3) is 0 Å². The molecule has 0 saturated carbocycles. The summed E-state index contributed by atoms with van der Waals surface area (Å²) in [7, 11) is 1.85. The van der Waals surface area contributed by atoms with E-state index >= 15 is 0 Å². The van der Waals surface area contributed by atoms with Crippen LogP contribution in [-0.4, -0.2) is 30.0 Å². The molecule has 1 unspecified atom stereocenters. The highest BCUT2D eigenvalue weighted by molar-refractivity contribution is 5.58. The Morgan fingerprint density at radius 2 is 2.33 bits per heavy atom. The fourth-order valence-corrected chi connectivity index (χ4v) is 1.48. The zero-order valence-electron chi connectivity index (χ0n) is 10.3. The minimum absolute atomic E-state index is 0.175. The van der Waals surface area contributed by atoms with Crippen molar-refractivity contribution in [2.75, 3.05) is 25.5 Å². The number of aromatic nitrogens is 1. The molecule has 18 heavy (non-hydrogen) atoms. The lowest BCUT2D eigenvalue weighted by Gasteiger charge is -2.12. The van der Waals surface area contributed by atoms with Gasteiger partial charge in [-0.3, -0.25) is 10.1 Å². The van der Waals surface area contributed by atoms with Crippen LogP contribution in [0.4, 0.5) is 11.5 Å². The van der Waals surface area contributed by atoms with Gasteiger partial charge in [0.15, 0.2) is 0 Å². The molecule has 2 N–H and O–H groups in total. The molecule has 0 spiro atoms. The zero-order chi connectivity index (χ0) is 13.5. The number of nitrogens with zero attached hydrogens (tertiary/aromatic N) is 3. The van der Waals surface area contributed by atoms with Gasteiger partial charge >= 0.3 is 5.69 Å². The Kier molecular flexibility index (Phi) is 5.02. The first-order chi connectivity index (χ1) is 8.58. The molecule has 7 nitrogen and oxygen atoms in total. The van der Waals surface area contributed by atoms with Gasteiger partial charge in [0.2, 0.25) is 5.82 Å². The normalized spacial score (nSPS) is 11.6. The van der Waals surface area contributed by atoms with Crippen molar-refractivity contribution >= 4 is 11.5 Å². The number of nitriles is 1. The molecule has 1 atom stereocenters. The first-order valence-electron chi connectivity index (χ1n) is 5.51. The van der Waals surface area contributed by atoms with Gasteiger partial charge in [0.1, 0.15) is 6.07 Å². The summed E-state index contributed by atoms with van der Waals surface area (Å²) < 4.78 is 0. The first-order valence-corrected chi connectivity index (χ1v) is 5.51. The van der Waals surface area contributed by atoms with E-state index < -0.39 is 4.92 Å². The minimum Gasteiger partial charge on any atom is -0.364 e. The lowest BCUT2D eigenvalue weighted by Crippen LogP contribution is -2.23. The molecule has 0 bridgehead atoms. The van der Waals surface area contributed by atoms with Crippen LogP contribution in [0.25, 0.3) is 0 Å². The average Bonchev–Trinajstić information content (AvgIpc) is 2.36. The monoisotopic (exact) mass is 249 g/mol. The van der Waals surface area contributed by atoms with Crippen LogP contribution >= 0.6 is 0 Å². The second kappa shape index (κ2) is 6.51. The van der Waals surface area contributed by atoms with E-state index in [0.717, 1.165) is 6.54 Å². The molecule has 0 saturated heterocycles. The molecule has 0 aromatic carbocycles. The van der Waals surface area contributed by atoms with Gasteiger partial charge in [-0.1, -0.05) is 6.92 Å². The largest absolute Gasteiger partial charge is 0.364 e. The van der Waals surface area contributed by atoms with Crippen molar-refractivity contribution in [1.82, 2.24) is 10.3 Å². The fourth-order valence-electron chi connectivity index (χ4n) is 1.48. The van der Waals surface area contributed by atoms with E-state index in [0.29, 0.717) is 12.5 Å². The number of pyridine rings is 1.